The first kappa shape index (κ1) is 24.1. The molecule has 0 aliphatic carbocycles. The van der Waals surface area contributed by atoms with Gasteiger partial charge in [0.2, 0.25) is 0 Å². The molecule has 0 N–H and O–H groups in total. The zero-order valence-corrected chi connectivity index (χ0v) is 15.6. The quantitative estimate of drug-likeness (QED) is 0.576. The fourth-order valence-corrected chi connectivity index (χ4v) is 1.69. The zero-order valence-electron chi connectivity index (χ0n) is 15.6. The van der Waals surface area contributed by atoms with E-state index in [1.165, 1.54) is 19.3 Å². The van der Waals surface area contributed by atoms with Gasteiger partial charge in [0.05, 0.1) is 12.7 Å². The Hall–Kier alpha value is -0.120. The van der Waals surface area contributed by atoms with Crippen LogP contribution in [0, 0.1) is 11.3 Å². The Bertz CT molecular complexity index is 250. The highest BCUT2D eigenvalue weighted by Crippen LogP contribution is 2.21. The maximum absolute atomic E-state index is 5.33. The van der Waals surface area contributed by atoms with Gasteiger partial charge in [-0.2, -0.15) is 0 Å². The van der Waals surface area contributed by atoms with Crippen LogP contribution in [0.2, 0.25) is 0 Å². The standard InChI is InChI=1S/C6H12O2.C6H12O.C6H14.CH4/c1-5-4-7-6(2,3)8-5;1-6-2-4-7-5-3-6;1-5-6(2,3)4;/h5H,4H2,1-3H3;6H,2-5H2,1H3;5H2,1-4H3;1H4. The van der Waals surface area contributed by atoms with E-state index in [1.54, 1.807) is 0 Å². The molecule has 1 unspecified atom stereocenters. The maximum Gasteiger partial charge on any atom is 0.163 e. The Kier molecular flexibility index (Phi) is 12.5. The molecule has 136 valence electrons. The maximum atomic E-state index is 5.33. The Labute approximate surface area is 140 Å². The van der Waals surface area contributed by atoms with Crippen molar-refractivity contribution in [3.63, 3.8) is 0 Å². The second kappa shape index (κ2) is 11.4. The van der Waals surface area contributed by atoms with Crippen molar-refractivity contribution in [3.8, 4) is 0 Å². The van der Waals surface area contributed by atoms with Crippen LogP contribution in [0.3, 0.4) is 0 Å². The molecule has 0 aromatic heterocycles. The molecule has 0 radical (unpaired) electrons. The first-order chi connectivity index (χ1) is 9.56. The lowest BCUT2D eigenvalue weighted by atomic mass is 9.94. The highest BCUT2D eigenvalue weighted by molar-refractivity contribution is 4.65. The Morgan fingerprint density at radius 2 is 1.50 bits per heavy atom. The summed E-state index contributed by atoms with van der Waals surface area (Å²) in [5, 5.41) is 0. The summed E-state index contributed by atoms with van der Waals surface area (Å²) in [5.41, 5.74) is 0.542. The molecule has 0 amide bonds. The second-order valence-corrected chi connectivity index (χ2v) is 7.85. The molecule has 2 aliphatic heterocycles. The van der Waals surface area contributed by atoms with Crippen LogP contribution in [-0.2, 0) is 14.2 Å². The van der Waals surface area contributed by atoms with Crippen molar-refractivity contribution in [1.82, 2.24) is 0 Å². The van der Waals surface area contributed by atoms with Crippen LogP contribution < -0.4 is 0 Å². The molecule has 3 heteroatoms. The molecule has 0 spiro atoms. The van der Waals surface area contributed by atoms with Crippen molar-refractivity contribution in [2.24, 2.45) is 11.3 Å². The molecule has 2 fully saturated rings. The SMILES string of the molecule is C.CC1CCOCC1.CC1COC(C)(C)O1.CCC(C)(C)C. The van der Waals surface area contributed by atoms with Gasteiger partial charge >= 0.3 is 0 Å². The van der Waals surface area contributed by atoms with Gasteiger partial charge in [-0.1, -0.05) is 48.5 Å². The molecule has 2 aliphatic rings. The third-order valence-corrected chi connectivity index (χ3v) is 3.72. The largest absolute Gasteiger partial charge is 0.381 e. The van der Waals surface area contributed by atoms with Crippen molar-refractivity contribution in [1.29, 1.82) is 0 Å². The van der Waals surface area contributed by atoms with Gasteiger partial charge in [0.15, 0.2) is 5.79 Å². The van der Waals surface area contributed by atoms with E-state index in [2.05, 4.69) is 34.6 Å². The summed E-state index contributed by atoms with van der Waals surface area (Å²) in [5.74, 6) is 0.577. The van der Waals surface area contributed by atoms with Crippen LogP contribution >= 0.6 is 0 Å². The summed E-state index contributed by atoms with van der Waals surface area (Å²) in [6, 6.07) is 0. The predicted molar refractivity (Wildman–Crippen MR) is 96.3 cm³/mol. The van der Waals surface area contributed by atoms with Gasteiger partial charge in [-0.15, -0.1) is 0 Å². The Morgan fingerprint density at radius 3 is 1.64 bits per heavy atom. The average molecular weight is 319 g/mol. The van der Waals surface area contributed by atoms with E-state index in [4.69, 9.17) is 14.2 Å². The van der Waals surface area contributed by atoms with Crippen molar-refractivity contribution >= 4 is 0 Å². The second-order valence-electron chi connectivity index (χ2n) is 7.85. The summed E-state index contributed by atoms with van der Waals surface area (Å²) >= 11 is 0. The molecule has 0 aromatic carbocycles. The van der Waals surface area contributed by atoms with Gasteiger partial charge in [-0.05, 0) is 44.9 Å². The third-order valence-electron chi connectivity index (χ3n) is 3.72. The van der Waals surface area contributed by atoms with Crippen molar-refractivity contribution in [2.45, 2.75) is 94.0 Å². The van der Waals surface area contributed by atoms with Crippen molar-refractivity contribution in [3.05, 3.63) is 0 Å². The van der Waals surface area contributed by atoms with E-state index < -0.39 is 0 Å². The summed E-state index contributed by atoms with van der Waals surface area (Å²) in [6.45, 7) is 19.8. The fourth-order valence-electron chi connectivity index (χ4n) is 1.69. The van der Waals surface area contributed by atoms with Crippen LogP contribution in [0.1, 0.15) is 82.1 Å². The number of rotatable bonds is 0. The summed E-state index contributed by atoms with van der Waals surface area (Å²) in [4.78, 5) is 0. The van der Waals surface area contributed by atoms with Crippen LogP contribution in [0.15, 0.2) is 0 Å². The van der Waals surface area contributed by atoms with E-state index in [9.17, 15) is 0 Å². The molecule has 22 heavy (non-hydrogen) atoms. The Balaban J connectivity index is 0. The first-order valence-electron chi connectivity index (χ1n) is 8.45. The van der Waals surface area contributed by atoms with Crippen molar-refractivity contribution in [2.75, 3.05) is 19.8 Å². The lowest BCUT2D eigenvalue weighted by molar-refractivity contribution is -0.136. The van der Waals surface area contributed by atoms with Gasteiger partial charge in [-0.3, -0.25) is 0 Å². The number of hydrogen-bond acceptors (Lipinski definition) is 3. The smallest absolute Gasteiger partial charge is 0.163 e. The predicted octanol–water partition coefficient (Wildman–Crippen LogP) is 5.67. The van der Waals surface area contributed by atoms with Crippen molar-refractivity contribution < 1.29 is 14.2 Å². The molecular formula is C19H42O3. The summed E-state index contributed by atoms with van der Waals surface area (Å²) < 4.78 is 15.7. The molecular weight excluding hydrogens is 276 g/mol. The first-order valence-corrected chi connectivity index (χ1v) is 8.45. The molecule has 1 atom stereocenters. The van der Waals surface area contributed by atoms with Gasteiger partial charge in [0.25, 0.3) is 0 Å². The highest BCUT2D eigenvalue weighted by Gasteiger charge is 2.29. The number of hydrogen-bond donors (Lipinski definition) is 0. The average Bonchev–Trinajstić information content (AvgIpc) is 2.69. The Morgan fingerprint density at radius 1 is 1.05 bits per heavy atom. The molecule has 2 rings (SSSR count). The molecule has 0 bridgehead atoms. The fraction of sp³-hybridized carbons (Fsp3) is 1.00. The normalized spacial score (nSPS) is 24.3. The van der Waals surface area contributed by atoms with Crippen LogP contribution in [0.5, 0.6) is 0 Å². The van der Waals surface area contributed by atoms with E-state index >= 15 is 0 Å². The minimum absolute atomic E-state index is 0. The minimum atomic E-state index is -0.334. The van der Waals surface area contributed by atoms with E-state index in [-0.39, 0.29) is 19.3 Å². The highest BCUT2D eigenvalue weighted by atomic mass is 16.7. The number of ether oxygens (including phenoxy) is 3. The summed E-state index contributed by atoms with van der Waals surface area (Å²) in [6.07, 6.45) is 4.07. The van der Waals surface area contributed by atoms with Gasteiger partial charge in [-0.25, -0.2) is 0 Å². The lowest BCUT2D eigenvalue weighted by Gasteiger charge is -2.16. The van der Waals surface area contributed by atoms with Crippen LogP contribution in [0.4, 0.5) is 0 Å². The summed E-state index contributed by atoms with van der Waals surface area (Å²) in [7, 11) is 0. The molecule has 2 saturated heterocycles. The molecule has 0 saturated carbocycles. The van der Waals surface area contributed by atoms with Crippen LogP contribution in [-0.4, -0.2) is 31.7 Å². The van der Waals surface area contributed by atoms with Gasteiger partial charge < -0.3 is 14.2 Å². The van der Waals surface area contributed by atoms with Gasteiger partial charge in [0, 0.05) is 13.2 Å². The van der Waals surface area contributed by atoms with E-state index in [0.717, 1.165) is 25.7 Å². The topological polar surface area (TPSA) is 27.7 Å². The molecule has 0 aromatic rings. The van der Waals surface area contributed by atoms with Crippen LogP contribution in [0.25, 0.3) is 0 Å². The lowest BCUT2D eigenvalue weighted by Crippen LogP contribution is -2.20. The molecule has 3 nitrogen and oxygen atoms in total. The minimum Gasteiger partial charge on any atom is -0.381 e. The third kappa shape index (κ3) is 14.8. The van der Waals surface area contributed by atoms with E-state index in [1.807, 2.05) is 20.8 Å². The molecule has 2 heterocycles. The monoisotopic (exact) mass is 318 g/mol. The van der Waals surface area contributed by atoms with E-state index in [0.29, 0.717) is 5.41 Å². The van der Waals surface area contributed by atoms with Gasteiger partial charge in [0.1, 0.15) is 0 Å². The zero-order chi connectivity index (χ0) is 16.5.